The number of rotatable bonds is 8. The van der Waals surface area contributed by atoms with Gasteiger partial charge in [-0.1, -0.05) is 48.9 Å². The van der Waals surface area contributed by atoms with Gasteiger partial charge in [0.05, 0.1) is 6.04 Å². The van der Waals surface area contributed by atoms with Crippen molar-refractivity contribution in [2.75, 3.05) is 26.2 Å². The average molecular weight is 367 g/mol. The third-order valence-corrected chi connectivity index (χ3v) is 5.24. The van der Waals surface area contributed by atoms with Crippen molar-refractivity contribution < 1.29 is 9.53 Å². The zero-order chi connectivity index (χ0) is 19.1. The SMILES string of the molecule is CCc1ccc(OCC(=O)NC[C@H](c2ccc(C)cc2)N2CCCC2)cc1. The summed E-state index contributed by atoms with van der Waals surface area (Å²) in [6.45, 7) is 7.06. The Morgan fingerprint density at radius 2 is 1.74 bits per heavy atom. The van der Waals surface area contributed by atoms with Gasteiger partial charge in [-0.2, -0.15) is 0 Å². The summed E-state index contributed by atoms with van der Waals surface area (Å²) >= 11 is 0. The Morgan fingerprint density at radius 1 is 1.07 bits per heavy atom. The van der Waals surface area contributed by atoms with E-state index in [1.165, 1.54) is 29.5 Å². The molecule has 1 saturated heterocycles. The lowest BCUT2D eigenvalue weighted by atomic mass is 10.0. The van der Waals surface area contributed by atoms with Gasteiger partial charge in [-0.05, 0) is 62.5 Å². The maximum atomic E-state index is 12.3. The standard InChI is InChI=1S/C23H30N2O2/c1-3-19-8-12-21(13-9-19)27-17-23(26)24-16-22(25-14-4-5-15-25)20-10-6-18(2)7-11-20/h6-13,22H,3-5,14-17H2,1-2H3,(H,24,26)/t22-/m1/s1. The van der Waals surface area contributed by atoms with E-state index in [1.807, 2.05) is 24.3 Å². The topological polar surface area (TPSA) is 41.6 Å². The van der Waals surface area contributed by atoms with E-state index in [0.29, 0.717) is 6.54 Å². The summed E-state index contributed by atoms with van der Waals surface area (Å²) in [6, 6.07) is 16.8. The molecule has 0 aliphatic carbocycles. The molecule has 1 amide bonds. The number of aryl methyl sites for hydroxylation is 2. The molecule has 0 aromatic heterocycles. The average Bonchev–Trinajstić information content (AvgIpc) is 3.23. The monoisotopic (exact) mass is 366 g/mol. The third kappa shape index (κ3) is 5.57. The number of likely N-dealkylation sites (tertiary alicyclic amines) is 1. The molecule has 4 heteroatoms. The van der Waals surface area contributed by atoms with Gasteiger partial charge < -0.3 is 10.1 Å². The second-order valence-electron chi connectivity index (χ2n) is 7.26. The molecular formula is C23H30N2O2. The van der Waals surface area contributed by atoms with E-state index < -0.39 is 0 Å². The van der Waals surface area contributed by atoms with Gasteiger partial charge in [0.25, 0.3) is 5.91 Å². The summed E-state index contributed by atoms with van der Waals surface area (Å²) < 4.78 is 5.62. The number of ether oxygens (including phenoxy) is 1. The van der Waals surface area contributed by atoms with Crippen molar-refractivity contribution in [3.05, 3.63) is 65.2 Å². The summed E-state index contributed by atoms with van der Waals surface area (Å²) in [5.74, 6) is 0.655. The number of amides is 1. The lowest BCUT2D eigenvalue weighted by Gasteiger charge is -2.28. The van der Waals surface area contributed by atoms with Gasteiger partial charge in [0, 0.05) is 6.54 Å². The molecule has 1 aliphatic heterocycles. The van der Waals surface area contributed by atoms with E-state index in [2.05, 4.69) is 48.3 Å². The van der Waals surface area contributed by atoms with Gasteiger partial charge in [-0.3, -0.25) is 9.69 Å². The van der Waals surface area contributed by atoms with Gasteiger partial charge in [0.1, 0.15) is 5.75 Å². The van der Waals surface area contributed by atoms with Crippen molar-refractivity contribution in [2.45, 2.75) is 39.2 Å². The van der Waals surface area contributed by atoms with Crippen LogP contribution < -0.4 is 10.1 Å². The summed E-state index contributed by atoms with van der Waals surface area (Å²) in [5.41, 5.74) is 3.78. The Bertz CT molecular complexity index is 719. The molecule has 1 atom stereocenters. The molecule has 0 saturated carbocycles. The summed E-state index contributed by atoms with van der Waals surface area (Å²) in [5, 5.41) is 3.06. The van der Waals surface area contributed by atoms with Crippen LogP contribution in [0.15, 0.2) is 48.5 Å². The zero-order valence-corrected chi connectivity index (χ0v) is 16.4. The largest absolute Gasteiger partial charge is 0.484 e. The fourth-order valence-corrected chi connectivity index (χ4v) is 3.53. The van der Waals surface area contributed by atoms with Crippen molar-refractivity contribution in [3.63, 3.8) is 0 Å². The normalized spacial score (nSPS) is 15.5. The van der Waals surface area contributed by atoms with Gasteiger partial charge in [0.15, 0.2) is 6.61 Å². The summed E-state index contributed by atoms with van der Waals surface area (Å²) in [4.78, 5) is 14.8. The highest BCUT2D eigenvalue weighted by Gasteiger charge is 2.23. The van der Waals surface area contributed by atoms with Crippen molar-refractivity contribution in [1.29, 1.82) is 0 Å². The molecule has 1 aliphatic rings. The van der Waals surface area contributed by atoms with Crippen LogP contribution in [0.3, 0.4) is 0 Å². The molecule has 3 rings (SSSR count). The maximum absolute atomic E-state index is 12.3. The quantitative estimate of drug-likeness (QED) is 0.771. The second kappa shape index (κ2) is 9.56. The predicted molar refractivity (Wildman–Crippen MR) is 109 cm³/mol. The van der Waals surface area contributed by atoms with Crippen molar-refractivity contribution in [3.8, 4) is 5.75 Å². The fourth-order valence-electron chi connectivity index (χ4n) is 3.53. The molecule has 144 valence electrons. The Balaban J connectivity index is 1.54. The fraction of sp³-hybridized carbons (Fsp3) is 0.435. The van der Waals surface area contributed by atoms with E-state index in [4.69, 9.17) is 4.74 Å². The van der Waals surface area contributed by atoms with Gasteiger partial charge in [-0.25, -0.2) is 0 Å². The first-order valence-corrected chi connectivity index (χ1v) is 9.95. The molecular weight excluding hydrogens is 336 g/mol. The molecule has 27 heavy (non-hydrogen) atoms. The van der Waals surface area contributed by atoms with E-state index in [1.54, 1.807) is 0 Å². The van der Waals surface area contributed by atoms with Crippen molar-refractivity contribution in [2.24, 2.45) is 0 Å². The minimum absolute atomic E-state index is 0.0477. The number of nitrogens with one attached hydrogen (secondary N) is 1. The number of hydrogen-bond acceptors (Lipinski definition) is 3. The Labute approximate surface area is 162 Å². The molecule has 0 radical (unpaired) electrons. The Kier molecular flexibility index (Phi) is 6.88. The second-order valence-corrected chi connectivity index (χ2v) is 7.26. The number of hydrogen-bond donors (Lipinski definition) is 1. The molecule has 2 aromatic rings. The number of carbonyl (C=O) groups is 1. The smallest absolute Gasteiger partial charge is 0.258 e. The highest BCUT2D eigenvalue weighted by Crippen LogP contribution is 2.25. The van der Waals surface area contributed by atoms with Crippen LogP contribution in [0.5, 0.6) is 5.75 Å². The first-order valence-electron chi connectivity index (χ1n) is 9.95. The molecule has 4 nitrogen and oxygen atoms in total. The Morgan fingerprint density at radius 3 is 2.37 bits per heavy atom. The number of carbonyl (C=O) groups excluding carboxylic acids is 1. The molecule has 0 bridgehead atoms. The molecule has 2 aromatic carbocycles. The minimum Gasteiger partial charge on any atom is -0.484 e. The van der Waals surface area contributed by atoms with Crippen LogP contribution in [-0.4, -0.2) is 37.0 Å². The van der Waals surface area contributed by atoms with Crippen molar-refractivity contribution >= 4 is 5.91 Å². The maximum Gasteiger partial charge on any atom is 0.258 e. The van der Waals surface area contributed by atoms with Crippen LogP contribution in [0.4, 0.5) is 0 Å². The first-order chi connectivity index (χ1) is 13.2. The van der Waals surface area contributed by atoms with Gasteiger partial charge in [0.2, 0.25) is 0 Å². The van der Waals surface area contributed by atoms with Crippen LogP contribution >= 0.6 is 0 Å². The van der Waals surface area contributed by atoms with E-state index in [0.717, 1.165) is 25.3 Å². The number of nitrogens with zero attached hydrogens (tertiary/aromatic N) is 1. The molecule has 1 N–H and O–H groups in total. The molecule has 0 spiro atoms. The van der Waals surface area contributed by atoms with Gasteiger partial charge in [-0.15, -0.1) is 0 Å². The van der Waals surface area contributed by atoms with Gasteiger partial charge >= 0.3 is 0 Å². The number of benzene rings is 2. The molecule has 1 fully saturated rings. The van der Waals surface area contributed by atoms with Crippen LogP contribution in [0.25, 0.3) is 0 Å². The van der Waals surface area contributed by atoms with E-state index >= 15 is 0 Å². The van der Waals surface area contributed by atoms with Crippen LogP contribution in [0, 0.1) is 6.92 Å². The first kappa shape index (κ1) is 19.4. The lowest BCUT2D eigenvalue weighted by molar-refractivity contribution is -0.123. The molecule has 0 unspecified atom stereocenters. The van der Waals surface area contributed by atoms with Crippen LogP contribution in [0.1, 0.15) is 42.5 Å². The minimum atomic E-state index is -0.0779. The summed E-state index contributed by atoms with van der Waals surface area (Å²) in [7, 11) is 0. The predicted octanol–water partition coefficient (Wildman–Crippen LogP) is 3.89. The van der Waals surface area contributed by atoms with Crippen LogP contribution in [-0.2, 0) is 11.2 Å². The highest BCUT2D eigenvalue weighted by molar-refractivity contribution is 5.77. The van der Waals surface area contributed by atoms with Crippen LogP contribution in [0.2, 0.25) is 0 Å². The summed E-state index contributed by atoms with van der Waals surface area (Å²) in [6.07, 6.45) is 3.46. The van der Waals surface area contributed by atoms with E-state index in [-0.39, 0.29) is 18.6 Å². The zero-order valence-electron chi connectivity index (χ0n) is 16.4. The third-order valence-electron chi connectivity index (χ3n) is 5.24. The Hall–Kier alpha value is -2.33. The van der Waals surface area contributed by atoms with E-state index in [9.17, 15) is 4.79 Å². The molecule has 1 heterocycles. The van der Waals surface area contributed by atoms with Crippen molar-refractivity contribution in [1.82, 2.24) is 10.2 Å². The highest BCUT2D eigenvalue weighted by atomic mass is 16.5. The lowest BCUT2D eigenvalue weighted by Crippen LogP contribution is -2.38.